The summed E-state index contributed by atoms with van der Waals surface area (Å²) in [4.78, 5) is 12.3. The van der Waals surface area contributed by atoms with Gasteiger partial charge in [-0.25, -0.2) is 8.42 Å². The van der Waals surface area contributed by atoms with E-state index in [4.69, 9.17) is 4.74 Å². The molecular weight excluding hydrogens is 400 g/mol. The zero-order valence-electron chi connectivity index (χ0n) is 17.1. The molecule has 3 rings (SSSR count). The van der Waals surface area contributed by atoms with Crippen LogP contribution in [0.15, 0.2) is 71.6 Å². The second-order valence-electron chi connectivity index (χ2n) is 7.05. The third kappa shape index (κ3) is 5.39. The number of carbonyl (C=O) groups excluding carboxylic acids is 1. The lowest BCUT2D eigenvalue weighted by Crippen LogP contribution is -2.21. The molecular formula is C23H24N2O4S. The van der Waals surface area contributed by atoms with Crippen LogP contribution in [0, 0.1) is 20.8 Å². The maximum Gasteiger partial charge on any atom is 0.262 e. The lowest BCUT2D eigenvalue weighted by atomic mass is 10.2. The van der Waals surface area contributed by atoms with Gasteiger partial charge < -0.3 is 10.1 Å². The number of benzene rings is 3. The molecule has 0 aromatic heterocycles. The molecule has 1 amide bonds. The highest BCUT2D eigenvalue weighted by Crippen LogP contribution is 2.24. The number of hydrogen-bond donors (Lipinski definition) is 2. The van der Waals surface area contributed by atoms with E-state index in [0.29, 0.717) is 17.0 Å². The van der Waals surface area contributed by atoms with E-state index in [1.165, 1.54) is 12.1 Å². The second-order valence-corrected chi connectivity index (χ2v) is 8.73. The number of rotatable bonds is 7. The summed E-state index contributed by atoms with van der Waals surface area (Å²) >= 11 is 0. The van der Waals surface area contributed by atoms with Crippen LogP contribution in [0.1, 0.15) is 16.7 Å². The fourth-order valence-corrected chi connectivity index (χ4v) is 3.97. The first-order chi connectivity index (χ1) is 14.2. The number of sulfonamides is 1. The van der Waals surface area contributed by atoms with Crippen molar-refractivity contribution in [1.82, 2.24) is 0 Å². The van der Waals surface area contributed by atoms with E-state index in [1.54, 1.807) is 25.1 Å². The van der Waals surface area contributed by atoms with E-state index in [2.05, 4.69) is 10.0 Å². The molecule has 2 N–H and O–H groups in total. The number of carbonyl (C=O) groups is 1. The molecule has 0 saturated carbocycles. The molecule has 0 unspecified atom stereocenters. The van der Waals surface area contributed by atoms with Gasteiger partial charge in [0, 0.05) is 11.4 Å². The Kier molecular flexibility index (Phi) is 6.42. The third-order valence-electron chi connectivity index (χ3n) is 4.54. The molecule has 0 atom stereocenters. The minimum Gasteiger partial charge on any atom is -0.483 e. The maximum atomic E-state index is 12.6. The van der Waals surface area contributed by atoms with Crippen LogP contribution in [0.4, 0.5) is 11.4 Å². The van der Waals surface area contributed by atoms with Crippen molar-refractivity contribution in [2.75, 3.05) is 16.6 Å². The van der Waals surface area contributed by atoms with Crippen LogP contribution in [-0.2, 0) is 14.8 Å². The van der Waals surface area contributed by atoms with Crippen molar-refractivity contribution < 1.29 is 17.9 Å². The van der Waals surface area contributed by atoms with Crippen LogP contribution in [0.2, 0.25) is 0 Å². The third-order valence-corrected chi connectivity index (χ3v) is 5.92. The first kappa shape index (κ1) is 21.4. The second kappa shape index (κ2) is 9.00. The minimum atomic E-state index is -3.73. The highest BCUT2D eigenvalue weighted by Gasteiger charge is 2.16. The number of aryl methyl sites for hydroxylation is 3. The number of nitrogens with one attached hydrogen (secondary N) is 2. The topological polar surface area (TPSA) is 84.5 Å². The summed E-state index contributed by atoms with van der Waals surface area (Å²) < 4.78 is 33.4. The predicted octanol–water partition coefficient (Wildman–Crippen LogP) is 4.43. The van der Waals surface area contributed by atoms with E-state index in [9.17, 15) is 13.2 Å². The van der Waals surface area contributed by atoms with E-state index >= 15 is 0 Å². The Hall–Kier alpha value is -3.32. The molecule has 6 nitrogen and oxygen atoms in total. The highest BCUT2D eigenvalue weighted by molar-refractivity contribution is 7.92. The molecule has 0 saturated heterocycles. The van der Waals surface area contributed by atoms with Gasteiger partial charge in [0.2, 0.25) is 0 Å². The molecule has 0 spiro atoms. The number of amides is 1. The average molecular weight is 425 g/mol. The van der Waals surface area contributed by atoms with Gasteiger partial charge in [0.1, 0.15) is 5.75 Å². The van der Waals surface area contributed by atoms with Crippen LogP contribution >= 0.6 is 0 Å². The number of hydrogen-bond acceptors (Lipinski definition) is 4. The number of anilines is 2. The molecule has 30 heavy (non-hydrogen) atoms. The summed E-state index contributed by atoms with van der Waals surface area (Å²) in [6.07, 6.45) is 0. The van der Waals surface area contributed by atoms with Gasteiger partial charge in [0.25, 0.3) is 15.9 Å². The van der Waals surface area contributed by atoms with Crippen molar-refractivity contribution in [1.29, 1.82) is 0 Å². The molecule has 0 bridgehead atoms. The molecule has 3 aromatic carbocycles. The first-order valence-electron chi connectivity index (χ1n) is 9.43. The van der Waals surface area contributed by atoms with E-state index in [1.807, 2.05) is 50.2 Å². The molecule has 0 fully saturated rings. The zero-order valence-corrected chi connectivity index (χ0v) is 17.9. The van der Waals surface area contributed by atoms with Gasteiger partial charge in [-0.2, -0.15) is 0 Å². The molecule has 0 aliphatic rings. The van der Waals surface area contributed by atoms with Crippen LogP contribution in [0.25, 0.3) is 0 Å². The monoisotopic (exact) mass is 424 g/mol. The van der Waals surface area contributed by atoms with Gasteiger partial charge in [-0.1, -0.05) is 35.9 Å². The molecule has 0 heterocycles. The Bertz CT molecular complexity index is 1160. The SMILES string of the molecule is Cc1ccc(NS(=O)(=O)c2ccc(OCC(=O)Nc3ccccc3C)c(C)c2)cc1. The molecule has 156 valence electrons. The van der Waals surface area contributed by atoms with Crippen molar-refractivity contribution in [3.8, 4) is 5.75 Å². The van der Waals surface area contributed by atoms with Crippen molar-refractivity contribution in [2.45, 2.75) is 25.7 Å². The van der Waals surface area contributed by atoms with E-state index in [0.717, 1.165) is 16.8 Å². The van der Waals surface area contributed by atoms with Gasteiger partial charge in [-0.15, -0.1) is 0 Å². The van der Waals surface area contributed by atoms with Crippen LogP contribution in [0.3, 0.4) is 0 Å². The van der Waals surface area contributed by atoms with Crippen LogP contribution < -0.4 is 14.8 Å². The van der Waals surface area contributed by atoms with Gasteiger partial charge in [0.15, 0.2) is 6.61 Å². The first-order valence-corrected chi connectivity index (χ1v) is 10.9. The summed E-state index contributed by atoms with van der Waals surface area (Å²) in [7, 11) is -3.73. The number of para-hydroxylation sites is 1. The smallest absolute Gasteiger partial charge is 0.262 e. The summed E-state index contributed by atoms with van der Waals surface area (Å²) in [5.41, 5.74) is 3.84. The standard InChI is InChI=1S/C23H24N2O4S/c1-16-8-10-19(11-9-16)25-30(27,28)20-12-13-22(18(3)14-20)29-15-23(26)24-21-7-5-4-6-17(21)2/h4-14,25H,15H2,1-3H3,(H,24,26). The van der Waals surface area contributed by atoms with Crippen molar-refractivity contribution in [2.24, 2.45) is 0 Å². The fraction of sp³-hybridized carbons (Fsp3) is 0.174. The summed E-state index contributed by atoms with van der Waals surface area (Å²) in [6, 6.07) is 19.1. The molecule has 0 aliphatic heterocycles. The molecule has 0 aliphatic carbocycles. The van der Waals surface area contributed by atoms with Crippen molar-refractivity contribution in [3.63, 3.8) is 0 Å². The Morgan fingerprint density at radius 3 is 2.27 bits per heavy atom. The molecule has 7 heteroatoms. The largest absolute Gasteiger partial charge is 0.483 e. The summed E-state index contributed by atoms with van der Waals surface area (Å²) in [5, 5.41) is 2.80. The van der Waals surface area contributed by atoms with Crippen LogP contribution in [0.5, 0.6) is 5.75 Å². The summed E-state index contributed by atoms with van der Waals surface area (Å²) in [5.74, 6) is 0.158. The minimum absolute atomic E-state index is 0.122. The van der Waals surface area contributed by atoms with Gasteiger partial charge in [0.05, 0.1) is 4.90 Å². The van der Waals surface area contributed by atoms with Gasteiger partial charge in [-0.05, 0) is 68.3 Å². The molecule has 0 radical (unpaired) electrons. The van der Waals surface area contributed by atoms with Crippen LogP contribution in [-0.4, -0.2) is 20.9 Å². The van der Waals surface area contributed by atoms with Crippen molar-refractivity contribution >= 4 is 27.3 Å². The lowest BCUT2D eigenvalue weighted by molar-refractivity contribution is -0.118. The Labute approximate surface area is 177 Å². The average Bonchev–Trinajstić information content (AvgIpc) is 2.70. The molecule has 3 aromatic rings. The number of ether oxygens (including phenoxy) is 1. The Balaban J connectivity index is 1.65. The Morgan fingerprint density at radius 1 is 0.900 bits per heavy atom. The van der Waals surface area contributed by atoms with Crippen molar-refractivity contribution in [3.05, 3.63) is 83.4 Å². The quantitative estimate of drug-likeness (QED) is 0.588. The van der Waals surface area contributed by atoms with E-state index < -0.39 is 10.0 Å². The van der Waals surface area contributed by atoms with Gasteiger partial charge in [-0.3, -0.25) is 9.52 Å². The van der Waals surface area contributed by atoms with E-state index in [-0.39, 0.29) is 17.4 Å². The lowest BCUT2D eigenvalue weighted by Gasteiger charge is -2.13. The predicted molar refractivity (Wildman–Crippen MR) is 118 cm³/mol. The zero-order chi connectivity index (χ0) is 21.7. The normalized spacial score (nSPS) is 11.0. The Morgan fingerprint density at radius 2 is 1.60 bits per heavy atom. The summed E-state index contributed by atoms with van der Waals surface area (Å²) in [6.45, 7) is 5.40. The fourth-order valence-electron chi connectivity index (χ4n) is 2.83. The maximum absolute atomic E-state index is 12.6. The van der Waals surface area contributed by atoms with Gasteiger partial charge >= 0.3 is 0 Å². The highest BCUT2D eigenvalue weighted by atomic mass is 32.2.